The molecular formula is C13H21BN2O2. The molecule has 1 aromatic heterocycles. The van der Waals surface area contributed by atoms with E-state index in [9.17, 15) is 0 Å². The predicted molar refractivity (Wildman–Crippen MR) is 73.0 cm³/mol. The zero-order valence-electron chi connectivity index (χ0n) is 11.8. The van der Waals surface area contributed by atoms with Gasteiger partial charge in [-0.1, -0.05) is 5.98 Å². The van der Waals surface area contributed by atoms with Crippen LogP contribution in [0.15, 0.2) is 18.5 Å². The second kappa shape index (κ2) is 4.55. The van der Waals surface area contributed by atoms with Crippen LogP contribution in [0.25, 0.3) is 6.08 Å². The number of rotatable bonds is 3. The van der Waals surface area contributed by atoms with E-state index in [1.54, 1.807) is 0 Å². The lowest BCUT2D eigenvalue weighted by molar-refractivity contribution is 0.00578. The summed E-state index contributed by atoms with van der Waals surface area (Å²) in [4.78, 5) is 4.13. The predicted octanol–water partition coefficient (Wildman–Crippen LogP) is 2.55. The Bertz CT molecular complexity index is 436. The molecule has 18 heavy (non-hydrogen) atoms. The first kappa shape index (κ1) is 13.4. The molecule has 0 radical (unpaired) electrons. The van der Waals surface area contributed by atoms with Crippen molar-refractivity contribution in [2.45, 2.75) is 52.4 Å². The van der Waals surface area contributed by atoms with E-state index in [-0.39, 0.29) is 18.3 Å². The second-order valence-corrected chi connectivity index (χ2v) is 5.59. The van der Waals surface area contributed by atoms with Gasteiger partial charge in [0.05, 0.1) is 29.4 Å². The number of nitrogens with zero attached hydrogens (tertiary/aromatic N) is 2. The average Bonchev–Trinajstić information content (AvgIpc) is 2.78. The van der Waals surface area contributed by atoms with E-state index in [4.69, 9.17) is 9.31 Å². The van der Waals surface area contributed by atoms with Gasteiger partial charge in [0.25, 0.3) is 0 Å². The second-order valence-electron chi connectivity index (χ2n) is 5.59. The van der Waals surface area contributed by atoms with Crippen LogP contribution < -0.4 is 0 Å². The van der Waals surface area contributed by atoms with Crippen LogP contribution in [0.1, 0.15) is 40.3 Å². The summed E-state index contributed by atoms with van der Waals surface area (Å²) in [7, 11) is -0.296. The fourth-order valence-electron chi connectivity index (χ4n) is 1.88. The molecule has 98 valence electrons. The van der Waals surface area contributed by atoms with E-state index < -0.39 is 0 Å². The van der Waals surface area contributed by atoms with Crippen molar-refractivity contribution < 1.29 is 9.31 Å². The van der Waals surface area contributed by atoms with Crippen LogP contribution in [0.5, 0.6) is 0 Å². The SMILES string of the molecule is CCn1cncc1/C=C/B1OC(C)(C)C(C)(C)O1. The molecule has 0 N–H and O–H groups in total. The summed E-state index contributed by atoms with van der Waals surface area (Å²) >= 11 is 0. The van der Waals surface area contributed by atoms with Crippen molar-refractivity contribution in [2.75, 3.05) is 0 Å². The van der Waals surface area contributed by atoms with Crippen LogP contribution in [-0.4, -0.2) is 27.9 Å². The summed E-state index contributed by atoms with van der Waals surface area (Å²) in [6, 6.07) is 0. The largest absolute Gasteiger partial charge is 0.487 e. The van der Waals surface area contributed by atoms with E-state index >= 15 is 0 Å². The lowest BCUT2D eigenvalue weighted by atomic mass is 9.90. The van der Waals surface area contributed by atoms with Gasteiger partial charge in [-0.05, 0) is 40.7 Å². The van der Waals surface area contributed by atoms with Crippen molar-refractivity contribution in [3.8, 4) is 0 Å². The maximum absolute atomic E-state index is 5.90. The zero-order chi connectivity index (χ0) is 13.4. The van der Waals surface area contributed by atoms with Crippen molar-refractivity contribution in [1.82, 2.24) is 9.55 Å². The van der Waals surface area contributed by atoms with Gasteiger partial charge < -0.3 is 13.9 Å². The molecule has 0 aliphatic carbocycles. The van der Waals surface area contributed by atoms with Gasteiger partial charge in [-0.15, -0.1) is 0 Å². The molecule has 0 spiro atoms. The maximum atomic E-state index is 5.90. The molecule has 0 unspecified atom stereocenters. The molecule has 5 heteroatoms. The summed E-state index contributed by atoms with van der Waals surface area (Å²) in [5.41, 5.74) is 0.493. The van der Waals surface area contributed by atoms with Gasteiger partial charge in [0, 0.05) is 6.54 Å². The van der Waals surface area contributed by atoms with Crippen LogP contribution in [0.4, 0.5) is 0 Å². The summed E-state index contributed by atoms with van der Waals surface area (Å²) in [6.07, 6.45) is 5.66. The molecule has 0 atom stereocenters. The van der Waals surface area contributed by atoms with Gasteiger partial charge in [-0.3, -0.25) is 0 Å². The molecule has 0 amide bonds. The van der Waals surface area contributed by atoms with E-state index in [0.717, 1.165) is 12.2 Å². The summed E-state index contributed by atoms with van der Waals surface area (Å²) in [6.45, 7) is 11.2. The third-order valence-electron chi connectivity index (χ3n) is 3.78. The number of hydrogen-bond donors (Lipinski definition) is 0. The van der Waals surface area contributed by atoms with Gasteiger partial charge in [-0.2, -0.15) is 0 Å². The normalized spacial score (nSPS) is 21.9. The lowest BCUT2D eigenvalue weighted by Crippen LogP contribution is -2.41. The fraction of sp³-hybridized carbons (Fsp3) is 0.615. The molecular weight excluding hydrogens is 227 g/mol. The maximum Gasteiger partial charge on any atom is 0.487 e. The van der Waals surface area contributed by atoms with Crippen molar-refractivity contribution in [3.05, 3.63) is 24.2 Å². The van der Waals surface area contributed by atoms with Crippen LogP contribution >= 0.6 is 0 Å². The highest BCUT2D eigenvalue weighted by Crippen LogP contribution is 2.36. The molecule has 0 bridgehead atoms. The third kappa shape index (κ3) is 2.38. The monoisotopic (exact) mass is 248 g/mol. The minimum atomic E-state index is -0.296. The van der Waals surface area contributed by atoms with Gasteiger partial charge in [-0.25, -0.2) is 4.98 Å². The molecule has 1 aliphatic rings. The Morgan fingerprint density at radius 3 is 2.44 bits per heavy atom. The lowest BCUT2D eigenvalue weighted by Gasteiger charge is -2.32. The van der Waals surface area contributed by atoms with Gasteiger partial charge >= 0.3 is 7.12 Å². The molecule has 1 saturated heterocycles. The number of hydrogen-bond acceptors (Lipinski definition) is 3. The average molecular weight is 248 g/mol. The fourth-order valence-corrected chi connectivity index (χ4v) is 1.88. The quantitative estimate of drug-likeness (QED) is 0.771. The van der Waals surface area contributed by atoms with E-state index in [0.29, 0.717) is 0 Å². The van der Waals surface area contributed by atoms with E-state index in [2.05, 4.69) is 44.2 Å². The molecule has 4 nitrogen and oxygen atoms in total. The first-order valence-electron chi connectivity index (χ1n) is 6.40. The standard InChI is InChI=1S/C13H21BN2O2/c1-6-16-10-15-9-11(16)7-8-14-17-12(2,3)13(4,5)18-14/h7-10H,6H2,1-5H3/b8-7+. The van der Waals surface area contributed by atoms with Gasteiger partial charge in [0.1, 0.15) is 0 Å². The highest BCUT2D eigenvalue weighted by Gasteiger charge is 2.49. The van der Waals surface area contributed by atoms with Crippen LogP contribution in [0, 0.1) is 0 Å². The van der Waals surface area contributed by atoms with Crippen molar-refractivity contribution in [2.24, 2.45) is 0 Å². The van der Waals surface area contributed by atoms with Crippen molar-refractivity contribution in [3.63, 3.8) is 0 Å². The molecule has 1 aliphatic heterocycles. The number of imidazole rings is 1. The third-order valence-corrected chi connectivity index (χ3v) is 3.78. The Balaban J connectivity index is 2.08. The Hall–Kier alpha value is -1.07. The molecule has 0 saturated carbocycles. The number of aryl methyl sites for hydroxylation is 1. The smallest absolute Gasteiger partial charge is 0.400 e. The highest BCUT2D eigenvalue weighted by molar-refractivity contribution is 6.52. The van der Waals surface area contributed by atoms with E-state index in [1.165, 1.54) is 0 Å². The molecule has 2 heterocycles. The molecule has 1 fully saturated rings. The summed E-state index contributed by atoms with van der Waals surface area (Å²) < 4.78 is 13.9. The van der Waals surface area contributed by atoms with Crippen LogP contribution in [0.3, 0.4) is 0 Å². The summed E-state index contributed by atoms with van der Waals surface area (Å²) in [5, 5.41) is 0. The first-order chi connectivity index (χ1) is 8.36. The molecule has 0 aromatic carbocycles. The topological polar surface area (TPSA) is 36.3 Å². The molecule has 1 aromatic rings. The Morgan fingerprint density at radius 1 is 1.28 bits per heavy atom. The number of aromatic nitrogens is 2. The summed E-state index contributed by atoms with van der Waals surface area (Å²) in [5.74, 6) is 1.94. The van der Waals surface area contributed by atoms with Crippen LogP contribution in [0.2, 0.25) is 0 Å². The minimum absolute atomic E-state index is 0.285. The minimum Gasteiger partial charge on any atom is -0.400 e. The zero-order valence-corrected chi connectivity index (χ0v) is 11.8. The Labute approximate surface area is 109 Å². The van der Waals surface area contributed by atoms with E-state index in [1.807, 2.05) is 24.6 Å². The van der Waals surface area contributed by atoms with Gasteiger partial charge in [0.15, 0.2) is 0 Å². The van der Waals surface area contributed by atoms with Crippen molar-refractivity contribution in [1.29, 1.82) is 0 Å². The first-order valence-corrected chi connectivity index (χ1v) is 6.40. The van der Waals surface area contributed by atoms with Gasteiger partial charge in [0.2, 0.25) is 0 Å². The Kier molecular flexibility index (Phi) is 3.38. The van der Waals surface area contributed by atoms with Crippen LogP contribution in [-0.2, 0) is 15.9 Å². The van der Waals surface area contributed by atoms with Crippen molar-refractivity contribution >= 4 is 13.2 Å². The highest BCUT2D eigenvalue weighted by atomic mass is 16.7. The Morgan fingerprint density at radius 2 is 1.89 bits per heavy atom. The molecule has 2 rings (SSSR count).